The van der Waals surface area contributed by atoms with Gasteiger partial charge in [0.2, 0.25) is 0 Å². The minimum absolute atomic E-state index is 0.127. The second kappa shape index (κ2) is 6.18. The number of halogens is 1. The highest BCUT2D eigenvalue weighted by molar-refractivity contribution is 5.44. The number of ether oxygens (including phenoxy) is 2. The van der Waals surface area contributed by atoms with Crippen molar-refractivity contribution >= 4 is 0 Å². The summed E-state index contributed by atoms with van der Waals surface area (Å²) in [5.74, 6) is 0.359. The number of likely N-dealkylation sites (N-methyl/N-ethyl adjacent to an activating group) is 1. The van der Waals surface area contributed by atoms with Gasteiger partial charge >= 0.3 is 0 Å². The van der Waals surface area contributed by atoms with Gasteiger partial charge in [0.1, 0.15) is 11.4 Å². The minimum Gasteiger partial charge on any atom is -0.497 e. The lowest BCUT2D eigenvalue weighted by Crippen LogP contribution is -2.45. The first-order valence-corrected chi connectivity index (χ1v) is 7.52. The Kier molecular flexibility index (Phi) is 4.24. The molecule has 2 N–H and O–H groups in total. The van der Waals surface area contributed by atoms with Crippen LogP contribution in [0.3, 0.4) is 0 Å². The molecule has 0 amide bonds. The molecule has 0 bridgehead atoms. The number of para-hydroxylation sites is 1. The van der Waals surface area contributed by atoms with E-state index < -0.39 is 17.5 Å². The van der Waals surface area contributed by atoms with Gasteiger partial charge in [0, 0.05) is 18.5 Å². The van der Waals surface area contributed by atoms with Crippen molar-refractivity contribution in [2.75, 3.05) is 20.7 Å². The molecule has 0 aromatic heterocycles. The average molecular weight is 317 g/mol. The number of benzene rings is 2. The fraction of sp³-hybridized carbons (Fsp3) is 0.333. The van der Waals surface area contributed by atoms with Crippen LogP contribution < -0.4 is 14.8 Å². The molecule has 0 saturated carbocycles. The summed E-state index contributed by atoms with van der Waals surface area (Å²) in [5.41, 5.74) is 0.654. The molecule has 0 fully saturated rings. The third-order valence-corrected chi connectivity index (χ3v) is 4.18. The maximum atomic E-state index is 14.0. The van der Waals surface area contributed by atoms with Crippen LogP contribution in [-0.2, 0) is 6.42 Å². The summed E-state index contributed by atoms with van der Waals surface area (Å²) in [4.78, 5) is 0. The van der Waals surface area contributed by atoms with Gasteiger partial charge in [-0.25, -0.2) is 4.39 Å². The van der Waals surface area contributed by atoms with Gasteiger partial charge < -0.3 is 19.9 Å². The van der Waals surface area contributed by atoms with Crippen LogP contribution in [0.4, 0.5) is 4.39 Å². The molecule has 2 aromatic carbocycles. The van der Waals surface area contributed by atoms with Gasteiger partial charge in [-0.3, -0.25) is 0 Å². The zero-order valence-corrected chi connectivity index (χ0v) is 13.2. The number of methoxy groups -OCH3 is 1. The first-order valence-electron chi connectivity index (χ1n) is 7.52. The molecule has 2 atom stereocenters. The van der Waals surface area contributed by atoms with E-state index in [1.54, 1.807) is 32.4 Å². The molecule has 23 heavy (non-hydrogen) atoms. The highest BCUT2D eigenvalue weighted by Crippen LogP contribution is 2.43. The Morgan fingerprint density at radius 1 is 1.30 bits per heavy atom. The van der Waals surface area contributed by atoms with Crippen LogP contribution in [-0.4, -0.2) is 31.4 Å². The molecule has 0 heterocycles. The van der Waals surface area contributed by atoms with E-state index in [2.05, 4.69) is 5.32 Å². The van der Waals surface area contributed by atoms with Gasteiger partial charge in [-0.15, -0.1) is 0 Å². The van der Waals surface area contributed by atoms with E-state index in [0.717, 1.165) is 11.1 Å². The topological polar surface area (TPSA) is 50.7 Å². The Bertz CT molecular complexity index is 706. The van der Waals surface area contributed by atoms with Crippen molar-refractivity contribution in [3.63, 3.8) is 0 Å². The molecule has 0 radical (unpaired) electrons. The van der Waals surface area contributed by atoms with Gasteiger partial charge in [-0.05, 0) is 36.9 Å². The van der Waals surface area contributed by atoms with Crippen LogP contribution in [0.5, 0.6) is 11.5 Å². The van der Waals surface area contributed by atoms with Crippen molar-refractivity contribution < 1.29 is 19.0 Å². The van der Waals surface area contributed by atoms with E-state index in [1.165, 1.54) is 6.07 Å². The molecule has 4 nitrogen and oxygen atoms in total. The number of aliphatic hydroxyl groups is 1. The highest BCUT2D eigenvalue weighted by atomic mass is 19.1. The Labute approximate surface area is 134 Å². The molecule has 1 aliphatic carbocycles. The van der Waals surface area contributed by atoms with E-state index in [9.17, 15) is 9.50 Å². The molecule has 0 aliphatic heterocycles. The first-order chi connectivity index (χ1) is 11.1. The maximum Gasteiger partial charge on any atom is 0.165 e. The Balaban J connectivity index is 2.01. The smallest absolute Gasteiger partial charge is 0.165 e. The zero-order chi connectivity index (χ0) is 16.4. The van der Waals surface area contributed by atoms with Crippen molar-refractivity contribution in [1.82, 2.24) is 5.32 Å². The lowest BCUT2D eigenvalue weighted by Gasteiger charge is -2.30. The number of fused-ring (bicyclic) bond motifs is 1. The third-order valence-electron chi connectivity index (χ3n) is 4.18. The normalized spacial score (nSPS) is 22.7. The van der Waals surface area contributed by atoms with E-state index in [0.29, 0.717) is 18.7 Å². The van der Waals surface area contributed by atoms with Crippen LogP contribution in [0.25, 0.3) is 0 Å². The van der Waals surface area contributed by atoms with Crippen LogP contribution >= 0.6 is 0 Å². The summed E-state index contributed by atoms with van der Waals surface area (Å²) in [6, 6.07) is 11.8. The summed E-state index contributed by atoms with van der Waals surface area (Å²) in [5, 5.41) is 14.0. The molecule has 122 valence electrons. The second-order valence-corrected chi connectivity index (χ2v) is 5.80. The SMILES string of the molecule is CNCC1(O)Cc2ccc(OC)cc2C1Oc1ccccc1F. The van der Waals surface area contributed by atoms with E-state index in [1.807, 2.05) is 18.2 Å². The molecular formula is C18H20FNO3. The Morgan fingerprint density at radius 2 is 2.09 bits per heavy atom. The summed E-state index contributed by atoms with van der Waals surface area (Å²) in [6.45, 7) is 0.336. The van der Waals surface area contributed by atoms with Gasteiger partial charge in [0.05, 0.1) is 7.11 Å². The standard InChI is InChI=1S/C18H20FNO3/c1-20-11-18(21)10-12-7-8-13(22-2)9-14(12)17(18)23-16-6-4-3-5-15(16)19/h3-9,17,20-21H,10-11H2,1-2H3. The lowest BCUT2D eigenvalue weighted by atomic mass is 9.97. The van der Waals surface area contributed by atoms with Crippen LogP contribution in [0.2, 0.25) is 0 Å². The number of hydrogen-bond donors (Lipinski definition) is 2. The molecule has 1 aliphatic rings. The van der Waals surface area contributed by atoms with Crippen molar-refractivity contribution in [2.24, 2.45) is 0 Å². The maximum absolute atomic E-state index is 14.0. The quantitative estimate of drug-likeness (QED) is 0.889. The zero-order valence-electron chi connectivity index (χ0n) is 13.2. The fourth-order valence-corrected chi connectivity index (χ4v) is 3.12. The average Bonchev–Trinajstić information content (AvgIpc) is 2.81. The van der Waals surface area contributed by atoms with Gasteiger partial charge in [0.25, 0.3) is 0 Å². The van der Waals surface area contributed by atoms with Crippen molar-refractivity contribution in [2.45, 2.75) is 18.1 Å². The number of rotatable bonds is 5. The molecule has 5 heteroatoms. The summed E-state index contributed by atoms with van der Waals surface area (Å²) < 4.78 is 25.1. The molecule has 2 unspecified atom stereocenters. The fourth-order valence-electron chi connectivity index (χ4n) is 3.12. The van der Waals surface area contributed by atoms with Crippen molar-refractivity contribution in [3.8, 4) is 11.5 Å². The summed E-state index contributed by atoms with van der Waals surface area (Å²) in [6.07, 6.45) is -0.233. The van der Waals surface area contributed by atoms with Crippen LogP contribution in [0, 0.1) is 5.82 Å². The number of hydrogen-bond acceptors (Lipinski definition) is 4. The molecule has 0 spiro atoms. The lowest BCUT2D eigenvalue weighted by molar-refractivity contribution is -0.0497. The highest BCUT2D eigenvalue weighted by Gasteiger charge is 2.46. The van der Waals surface area contributed by atoms with E-state index in [4.69, 9.17) is 9.47 Å². The summed E-state index contributed by atoms with van der Waals surface area (Å²) in [7, 11) is 3.35. The van der Waals surface area contributed by atoms with Crippen molar-refractivity contribution in [1.29, 1.82) is 0 Å². The van der Waals surface area contributed by atoms with Crippen LogP contribution in [0.1, 0.15) is 17.2 Å². The predicted molar refractivity (Wildman–Crippen MR) is 85.3 cm³/mol. The van der Waals surface area contributed by atoms with Gasteiger partial charge in [0.15, 0.2) is 17.7 Å². The number of nitrogens with one attached hydrogen (secondary N) is 1. The van der Waals surface area contributed by atoms with Crippen LogP contribution in [0.15, 0.2) is 42.5 Å². The molecular weight excluding hydrogens is 297 g/mol. The van der Waals surface area contributed by atoms with Crippen molar-refractivity contribution in [3.05, 3.63) is 59.4 Å². The second-order valence-electron chi connectivity index (χ2n) is 5.80. The minimum atomic E-state index is -1.15. The largest absolute Gasteiger partial charge is 0.497 e. The Morgan fingerprint density at radius 3 is 2.78 bits per heavy atom. The predicted octanol–water partition coefficient (Wildman–Crippen LogP) is 2.46. The monoisotopic (exact) mass is 317 g/mol. The molecule has 0 saturated heterocycles. The molecule has 2 aromatic rings. The first kappa shape index (κ1) is 15.8. The van der Waals surface area contributed by atoms with E-state index >= 15 is 0 Å². The van der Waals surface area contributed by atoms with Gasteiger partial charge in [-0.2, -0.15) is 0 Å². The van der Waals surface area contributed by atoms with Gasteiger partial charge in [-0.1, -0.05) is 18.2 Å². The van der Waals surface area contributed by atoms with E-state index in [-0.39, 0.29) is 5.75 Å². The summed E-state index contributed by atoms with van der Waals surface area (Å²) >= 11 is 0. The third kappa shape index (κ3) is 2.90. The molecule has 3 rings (SSSR count). The Hall–Kier alpha value is -2.11.